The Morgan fingerprint density at radius 2 is 1.77 bits per heavy atom. The lowest BCUT2D eigenvalue weighted by Gasteiger charge is -2.37. The molecule has 1 saturated heterocycles. The van der Waals surface area contributed by atoms with E-state index < -0.39 is 11.7 Å². The SMILES string of the molecule is CCc1cc(=O)[nH]c(-c2ccc(N3CCN(c4cccc(C(F)(F)F)c4)CC3)nc2)n1. The molecule has 1 aliphatic heterocycles. The number of aryl methyl sites for hydroxylation is 1. The molecule has 3 heterocycles. The van der Waals surface area contributed by atoms with Crippen molar-refractivity contribution in [3.8, 4) is 11.4 Å². The Labute approximate surface area is 177 Å². The van der Waals surface area contributed by atoms with Gasteiger partial charge in [-0.25, -0.2) is 9.97 Å². The van der Waals surface area contributed by atoms with E-state index in [9.17, 15) is 18.0 Å². The maximum absolute atomic E-state index is 13.0. The third-order valence-electron chi connectivity index (χ3n) is 5.32. The van der Waals surface area contributed by atoms with Gasteiger partial charge in [0.05, 0.1) is 5.56 Å². The molecule has 0 amide bonds. The van der Waals surface area contributed by atoms with Gasteiger partial charge in [0.2, 0.25) is 0 Å². The van der Waals surface area contributed by atoms with Crippen LogP contribution in [0, 0.1) is 0 Å². The first kappa shape index (κ1) is 20.9. The highest BCUT2D eigenvalue weighted by Crippen LogP contribution is 2.32. The number of hydrogen-bond donors (Lipinski definition) is 1. The molecular formula is C22H22F3N5O. The van der Waals surface area contributed by atoms with Crippen molar-refractivity contribution in [2.45, 2.75) is 19.5 Å². The normalized spacial score (nSPS) is 14.7. The molecule has 1 N–H and O–H groups in total. The molecular weight excluding hydrogens is 407 g/mol. The molecule has 0 spiro atoms. The molecule has 31 heavy (non-hydrogen) atoms. The summed E-state index contributed by atoms with van der Waals surface area (Å²) in [5.41, 5.74) is 1.18. The van der Waals surface area contributed by atoms with Crippen LogP contribution >= 0.6 is 0 Å². The minimum Gasteiger partial charge on any atom is -0.368 e. The Morgan fingerprint density at radius 1 is 1.03 bits per heavy atom. The summed E-state index contributed by atoms with van der Waals surface area (Å²) in [4.78, 5) is 27.5. The second kappa shape index (κ2) is 8.41. The Morgan fingerprint density at radius 3 is 2.42 bits per heavy atom. The first-order chi connectivity index (χ1) is 14.8. The lowest BCUT2D eigenvalue weighted by Crippen LogP contribution is -2.46. The van der Waals surface area contributed by atoms with E-state index in [1.54, 1.807) is 12.3 Å². The third kappa shape index (κ3) is 4.70. The number of rotatable bonds is 4. The van der Waals surface area contributed by atoms with E-state index in [1.807, 2.05) is 24.0 Å². The van der Waals surface area contributed by atoms with Crippen LogP contribution in [0.4, 0.5) is 24.7 Å². The van der Waals surface area contributed by atoms with Crippen LogP contribution in [0.1, 0.15) is 18.2 Å². The second-order valence-electron chi connectivity index (χ2n) is 7.37. The lowest BCUT2D eigenvalue weighted by molar-refractivity contribution is -0.137. The van der Waals surface area contributed by atoms with E-state index in [2.05, 4.69) is 19.9 Å². The molecule has 0 aliphatic carbocycles. The molecule has 1 fully saturated rings. The van der Waals surface area contributed by atoms with Crippen LogP contribution in [0.5, 0.6) is 0 Å². The molecule has 9 heteroatoms. The molecule has 1 aliphatic rings. The van der Waals surface area contributed by atoms with Crippen LogP contribution in [0.3, 0.4) is 0 Å². The van der Waals surface area contributed by atoms with Crippen molar-refractivity contribution >= 4 is 11.5 Å². The number of benzene rings is 1. The number of halogens is 3. The molecule has 0 unspecified atom stereocenters. The van der Waals surface area contributed by atoms with E-state index in [4.69, 9.17) is 0 Å². The number of H-pyrrole nitrogens is 1. The first-order valence-corrected chi connectivity index (χ1v) is 10.1. The van der Waals surface area contributed by atoms with E-state index in [0.29, 0.717) is 49.8 Å². The number of nitrogens with one attached hydrogen (secondary N) is 1. The van der Waals surface area contributed by atoms with Gasteiger partial charge in [-0.15, -0.1) is 0 Å². The van der Waals surface area contributed by atoms with Crippen molar-refractivity contribution < 1.29 is 13.2 Å². The van der Waals surface area contributed by atoms with Gasteiger partial charge < -0.3 is 14.8 Å². The summed E-state index contributed by atoms with van der Waals surface area (Å²) in [5.74, 6) is 1.26. The van der Waals surface area contributed by atoms with Gasteiger partial charge in [0.15, 0.2) is 0 Å². The van der Waals surface area contributed by atoms with Crippen molar-refractivity contribution in [2.24, 2.45) is 0 Å². The minimum absolute atomic E-state index is 0.198. The number of hydrogen-bond acceptors (Lipinski definition) is 5. The second-order valence-corrected chi connectivity index (χ2v) is 7.37. The number of alkyl halides is 3. The summed E-state index contributed by atoms with van der Waals surface area (Å²) in [6.45, 7) is 4.41. The summed E-state index contributed by atoms with van der Waals surface area (Å²) in [5, 5.41) is 0. The van der Waals surface area contributed by atoms with E-state index in [-0.39, 0.29) is 5.56 Å². The van der Waals surface area contributed by atoms with E-state index in [0.717, 1.165) is 17.4 Å². The zero-order chi connectivity index (χ0) is 22.0. The number of nitrogens with zero attached hydrogens (tertiary/aromatic N) is 4. The monoisotopic (exact) mass is 429 g/mol. The Hall–Kier alpha value is -3.36. The molecule has 0 bridgehead atoms. The van der Waals surface area contributed by atoms with Gasteiger partial charge in [0, 0.05) is 55.4 Å². The predicted molar refractivity (Wildman–Crippen MR) is 113 cm³/mol. The fourth-order valence-electron chi connectivity index (χ4n) is 3.61. The predicted octanol–water partition coefficient (Wildman–Crippen LogP) is 3.74. The Kier molecular flexibility index (Phi) is 5.67. The highest BCUT2D eigenvalue weighted by atomic mass is 19.4. The minimum atomic E-state index is -4.35. The maximum atomic E-state index is 13.0. The van der Waals surface area contributed by atoms with Crippen LogP contribution in [0.2, 0.25) is 0 Å². The summed E-state index contributed by atoms with van der Waals surface area (Å²) >= 11 is 0. The molecule has 2 aromatic heterocycles. The van der Waals surface area contributed by atoms with Gasteiger partial charge in [-0.05, 0) is 36.8 Å². The van der Waals surface area contributed by atoms with E-state index in [1.165, 1.54) is 18.2 Å². The fraction of sp³-hybridized carbons (Fsp3) is 0.318. The number of anilines is 2. The number of aromatic amines is 1. The maximum Gasteiger partial charge on any atom is 0.416 e. The number of piperazine rings is 1. The quantitative estimate of drug-likeness (QED) is 0.685. The van der Waals surface area contributed by atoms with Crippen LogP contribution in [0.25, 0.3) is 11.4 Å². The van der Waals surface area contributed by atoms with Gasteiger partial charge in [0.25, 0.3) is 5.56 Å². The van der Waals surface area contributed by atoms with Crippen molar-refractivity contribution in [1.82, 2.24) is 15.0 Å². The molecule has 0 saturated carbocycles. The third-order valence-corrected chi connectivity index (χ3v) is 5.32. The molecule has 3 aromatic rings. The molecule has 4 rings (SSSR count). The largest absolute Gasteiger partial charge is 0.416 e. The number of pyridine rings is 1. The smallest absolute Gasteiger partial charge is 0.368 e. The summed E-state index contributed by atoms with van der Waals surface area (Å²) < 4.78 is 38.9. The zero-order valence-corrected chi connectivity index (χ0v) is 17.0. The van der Waals surface area contributed by atoms with Gasteiger partial charge in [-0.3, -0.25) is 4.79 Å². The summed E-state index contributed by atoms with van der Waals surface area (Å²) in [7, 11) is 0. The highest BCUT2D eigenvalue weighted by Gasteiger charge is 2.31. The average Bonchev–Trinajstić information content (AvgIpc) is 2.78. The van der Waals surface area contributed by atoms with E-state index >= 15 is 0 Å². The fourth-order valence-corrected chi connectivity index (χ4v) is 3.61. The van der Waals surface area contributed by atoms with Gasteiger partial charge in [0.1, 0.15) is 11.6 Å². The summed E-state index contributed by atoms with van der Waals surface area (Å²) in [6.07, 6.45) is -2.01. The van der Waals surface area contributed by atoms with Crippen molar-refractivity contribution in [1.29, 1.82) is 0 Å². The van der Waals surface area contributed by atoms with Crippen LogP contribution < -0.4 is 15.4 Å². The van der Waals surface area contributed by atoms with Crippen molar-refractivity contribution in [3.63, 3.8) is 0 Å². The van der Waals surface area contributed by atoms with Crippen LogP contribution in [0.15, 0.2) is 53.5 Å². The Bertz CT molecular complexity index is 1100. The summed E-state index contributed by atoms with van der Waals surface area (Å²) in [6, 6.07) is 10.6. The van der Waals surface area contributed by atoms with Crippen LogP contribution in [-0.4, -0.2) is 41.1 Å². The first-order valence-electron chi connectivity index (χ1n) is 10.1. The standard InChI is InChI=1S/C22H22F3N5O/c1-2-17-13-20(31)28-21(27-17)15-6-7-19(26-14-15)30-10-8-29(9-11-30)18-5-3-4-16(12-18)22(23,24)25/h3-7,12-14H,2,8-11H2,1H3,(H,27,28,31). The average molecular weight is 429 g/mol. The number of aromatic nitrogens is 3. The van der Waals surface area contributed by atoms with Gasteiger partial charge in [-0.2, -0.15) is 13.2 Å². The Balaban J connectivity index is 1.44. The van der Waals surface area contributed by atoms with Crippen LogP contribution in [-0.2, 0) is 12.6 Å². The molecule has 6 nitrogen and oxygen atoms in total. The van der Waals surface area contributed by atoms with Gasteiger partial charge in [-0.1, -0.05) is 13.0 Å². The van der Waals surface area contributed by atoms with Crippen molar-refractivity contribution in [2.75, 3.05) is 36.0 Å². The molecule has 0 radical (unpaired) electrons. The topological polar surface area (TPSA) is 65.1 Å². The molecule has 1 aromatic carbocycles. The van der Waals surface area contributed by atoms with Gasteiger partial charge >= 0.3 is 6.18 Å². The molecule has 162 valence electrons. The zero-order valence-electron chi connectivity index (χ0n) is 17.0. The molecule has 0 atom stereocenters. The lowest BCUT2D eigenvalue weighted by atomic mass is 10.1. The highest BCUT2D eigenvalue weighted by molar-refractivity contribution is 5.57. The van der Waals surface area contributed by atoms with Crippen molar-refractivity contribution in [3.05, 3.63) is 70.3 Å².